The summed E-state index contributed by atoms with van der Waals surface area (Å²) in [5.74, 6) is 0. The van der Waals surface area contributed by atoms with E-state index in [0.29, 0.717) is 6.54 Å². The lowest BCUT2D eigenvalue weighted by Crippen LogP contribution is -2.44. The molecule has 1 atom stereocenters. The number of hydrogen-bond acceptors (Lipinski definition) is 4. The summed E-state index contributed by atoms with van der Waals surface area (Å²) < 4.78 is 5.51. The van der Waals surface area contributed by atoms with Gasteiger partial charge in [0.2, 0.25) is 0 Å². The van der Waals surface area contributed by atoms with Crippen LogP contribution in [0.2, 0.25) is 0 Å². The Bertz CT molecular complexity index is 263. The Morgan fingerprint density at radius 1 is 1.64 bits per heavy atom. The zero-order valence-electron chi connectivity index (χ0n) is 8.19. The number of rotatable bonds is 3. The van der Waals surface area contributed by atoms with Crippen molar-refractivity contribution < 1.29 is 4.74 Å². The van der Waals surface area contributed by atoms with Gasteiger partial charge in [-0.05, 0) is 11.4 Å². The molecule has 0 bridgehead atoms. The first-order valence-corrected chi connectivity index (χ1v) is 5.83. The minimum atomic E-state index is 0.226. The van der Waals surface area contributed by atoms with Crippen molar-refractivity contribution in [2.24, 2.45) is 5.73 Å². The molecule has 0 aromatic carbocycles. The van der Waals surface area contributed by atoms with Gasteiger partial charge in [0.1, 0.15) is 0 Å². The molecule has 1 aliphatic rings. The van der Waals surface area contributed by atoms with Crippen molar-refractivity contribution in [3.63, 3.8) is 0 Å². The van der Waals surface area contributed by atoms with E-state index in [2.05, 4.69) is 22.4 Å². The minimum absolute atomic E-state index is 0.226. The number of hydrogen-bond donors (Lipinski definition) is 1. The second-order valence-electron chi connectivity index (χ2n) is 3.54. The summed E-state index contributed by atoms with van der Waals surface area (Å²) in [5, 5.41) is 2.12. The predicted octanol–water partition coefficient (Wildman–Crippen LogP) is 0.908. The molecular weight excluding hydrogens is 196 g/mol. The van der Waals surface area contributed by atoms with Gasteiger partial charge in [-0.15, -0.1) is 11.3 Å². The molecule has 4 heteroatoms. The van der Waals surface area contributed by atoms with Crippen molar-refractivity contribution in [3.8, 4) is 0 Å². The van der Waals surface area contributed by atoms with Gasteiger partial charge in [-0.3, -0.25) is 4.90 Å². The highest BCUT2D eigenvalue weighted by molar-refractivity contribution is 7.09. The van der Waals surface area contributed by atoms with Crippen LogP contribution < -0.4 is 5.73 Å². The summed E-state index contributed by atoms with van der Waals surface area (Å²) in [6.07, 6.45) is 0.226. The molecule has 0 spiro atoms. The van der Waals surface area contributed by atoms with Crippen LogP contribution in [-0.4, -0.2) is 37.2 Å². The first kappa shape index (κ1) is 10.1. The van der Waals surface area contributed by atoms with Crippen molar-refractivity contribution in [3.05, 3.63) is 22.4 Å². The number of nitrogens with zero attached hydrogens (tertiary/aromatic N) is 1. The van der Waals surface area contributed by atoms with Crippen LogP contribution in [0.4, 0.5) is 0 Å². The standard InChI is InChI=1S/C10H16N2OS/c11-6-9-7-12(3-4-13-9)8-10-2-1-5-14-10/h1-2,5,9H,3-4,6-8,11H2/t9-/m1/s1. The smallest absolute Gasteiger partial charge is 0.0824 e. The molecule has 78 valence electrons. The average molecular weight is 212 g/mol. The fraction of sp³-hybridized carbons (Fsp3) is 0.600. The fourth-order valence-electron chi connectivity index (χ4n) is 1.69. The second kappa shape index (κ2) is 4.89. The maximum absolute atomic E-state index is 5.59. The SMILES string of the molecule is NC[C@@H]1CN(Cc2cccs2)CCO1. The lowest BCUT2D eigenvalue weighted by atomic mass is 10.2. The third-order valence-electron chi connectivity index (χ3n) is 2.45. The molecule has 2 rings (SSSR count). The lowest BCUT2D eigenvalue weighted by molar-refractivity contribution is -0.0257. The quantitative estimate of drug-likeness (QED) is 0.809. The van der Waals surface area contributed by atoms with E-state index in [1.807, 2.05) is 11.3 Å². The molecule has 2 heterocycles. The van der Waals surface area contributed by atoms with E-state index in [1.54, 1.807) is 0 Å². The van der Waals surface area contributed by atoms with Gasteiger partial charge in [-0.2, -0.15) is 0 Å². The minimum Gasteiger partial charge on any atom is -0.374 e. The first-order chi connectivity index (χ1) is 6.88. The Kier molecular flexibility index (Phi) is 3.53. The molecule has 1 aliphatic heterocycles. The highest BCUT2D eigenvalue weighted by atomic mass is 32.1. The van der Waals surface area contributed by atoms with Crippen molar-refractivity contribution in [1.82, 2.24) is 4.90 Å². The topological polar surface area (TPSA) is 38.5 Å². The third-order valence-corrected chi connectivity index (χ3v) is 3.31. The van der Waals surface area contributed by atoms with Crippen LogP contribution in [-0.2, 0) is 11.3 Å². The second-order valence-corrected chi connectivity index (χ2v) is 4.58. The summed E-state index contributed by atoms with van der Waals surface area (Å²) in [6, 6.07) is 4.28. The largest absolute Gasteiger partial charge is 0.374 e. The number of morpholine rings is 1. The van der Waals surface area contributed by atoms with Crippen LogP contribution in [0.15, 0.2) is 17.5 Å². The van der Waals surface area contributed by atoms with Crippen molar-refractivity contribution >= 4 is 11.3 Å². The fourth-order valence-corrected chi connectivity index (χ4v) is 2.44. The zero-order valence-corrected chi connectivity index (χ0v) is 9.00. The first-order valence-electron chi connectivity index (χ1n) is 4.95. The maximum atomic E-state index is 5.59. The van der Waals surface area contributed by atoms with Gasteiger partial charge in [0.05, 0.1) is 12.7 Å². The zero-order chi connectivity index (χ0) is 9.80. The van der Waals surface area contributed by atoms with E-state index in [-0.39, 0.29) is 6.10 Å². The van der Waals surface area contributed by atoms with Gasteiger partial charge < -0.3 is 10.5 Å². The van der Waals surface area contributed by atoms with E-state index in [9.17, 15) is 0 Å². The summed E-state index contributed by atoms with van der Waals surface area (Å²) in [5.41, 5.74) is 5.59. The Morgan fingerprint density at radius 3 is 3.29 bits per heavy atom. The van der Waals surface area contributed by atoms with E-state index in [4.69, 9.17) is 10.5 Å². The predicted molar refractivity (Wildman–Crippen MR) is 58.4 cm³/mol. The molecular formula is C10H16N2OS. The Balaban J connectivity index is 1.86. The normalized spacial score (nSPS) is 23.9. The molecule has 0 radical (unpaired) electrons. The van der Waals surface area contributed by atoms with Crippen LogP contribution in [0.5, 0.6) is 0 Å². The van der Waals surface area contributed by atoms with Gasteiger partial charge in [0, 0.05) is 31.1 Å². The monoisotopic (exact) mass is 212 g/mol. The Morgan fingerprint density at radius 2 is 2.57 bits per heavy atom. The van der Waals surface area contributed by atoms with Gasteiger partial charge in [0.25, 0.3) is 0 Å². The van der Waals surface area contributed by atoms with Gasteiger partial charge in [0.15, 0.2) is 0 Å². The molecule has 1 fully saturated rings. The van der Waals surface area contributed by atoms with Crippen molar-refractivity contribution in [1.29, 1.82) is 0 Å². The van der Waals surface area contributed by atoms with E-state index in [1.165, 1.54) is 4.88 Å². The molecule has 14 heavy (non-hydrogen) atoms. The molecule has 0 amide bonds. The third kappa shape index (κ3) is 2.54. The Hall–Kier alpha value is -0.420. The average Bonchev–Trinajstić information content (AvgIpc) is 2.71. The van der Waals surface area contributed by atoms with Crippen molar-refractivity contribution in [2.45, 2.75) is 12.6 Å². The highest BCUT2D eigenvalue weighted by Crippen LogP contribution is 2.14. The van der Waals surface area contributed by atoms with Gasteiger partial charge >= 0.3 is 0 Å². The van der Waals surface area contributed by atoms with Crippen molar-refractivity contribution in [2.75, 3.05) is 26.2 Å². The molecule has 3 nitrogen and oxygen atoms in total. The summed E-state index contributed by atoms with van der Waals surface area (Å²) >= 11 is 1.81. The maximum Gasteiger partial charge on any atom is 0.0824 e. The van der Waals surface area contributed by atoms with Crippen LogP contribution in [0.25, 0.3) is 0 Å². The summed E-state index contributed by atoms with van der Waals surface area (Å²) in [6.45, 7) is 4.47. The molecule has 1 saturated heterocycles. The van der Waals surface area contributed by atoms with Crippen LogP contribution >= 0.6 is 11.3 Å². The van der Waals surface area contributed by atoms with E-state index < -0.39 is 0 Å². The van der Waals surface area contributed by atoms with Gasteiger partial charge in [-0.25, -0.2) is 0 Å². The molecule has 0 aliphatic carbocycles. The van der Waals surface area contributed by atoms with Gasteiger partial charge in [-0.1, -0.05) is 6.07 Å². The number of ether oxygens (including phenoxy) is 1. The molecule has 2 N–H and O–H groups in total. The Labute approximate surface area is 88.5 Å². The number of nitrogens with two attached hydrogens (primary N) is 1. The summed E-state index contributed by atoms with van der Waals surface area (Å²) in [4.78, 5) is 3.83. The van der Waals surface area contributed by atoms with Crippen LogP contribution in [0, 0.1) is 0 Å². The number of thiophene rings is 1. The summed E-state index contributed by atoms with van der Waals surface area (Å²) in [7, 11) is 0. The van der Waals surface area contributed by atoms with Crippen LogP contribution in [0.1, 0.15) is 4.88 Å². The van der Waals surface area contributed by atoms with E-state index >= 15 is 0 Å². The van der Waals surface area contributed by atoms with E-state index in [0.717, 1.165) is 26.2 Å². The highest BCUT2D eigenvalue weighted by Gasteiger charge is 2.19. The molecule has 0 saturated carbocycles. The molecule has 1 aromatic heterocycles. The lowest BCUT2D eigenvalue weighted by Gasteiger charge is -2.31. The van der Waals surface area contributed by atoms with Crippen LogP contribution in [0.3, 0.4) is 0 Å². The molecule has 0 unspecified atom stereocenters. The molecule has 1 aromatic rings.